The van der Waals surface area contributed by atoms with Gasteiger partial charge in [0.1, 0.15) is 0 Å². The molecule has 1 unspecified atom stereocenters. The molecule has 3 saturated heterocycles. The van der Waals surface area contributed by atoms with E-state index in [0.717, 1.165) is 50.9 Å². The Morgan fingerprint density at radius 3 is 2.44 bits per heavy atom. The first-order valence-electron chi connectivity index (χ1n) is 7.03. The van der Waals surface area contributed by atoms with E-state index in [9.17, 15) is 4.79 Å². The highest BCUT2D eigenvalue weighted by Gasteiger charge is 2.34. The molecule has 3 aliphatic rings. The van der Waals surface area contributed by atoms with E-state index in [1.54, 1.807) is 0 Å². The van der Waals surface area contributed by atoms with Gasteiger partial charge < -0.3 is 19.7 Å². The van der Waals surface area contributed by atoms with Crippen molar-refractivity contribution in [2.45, 2.75) is 18.9 Å². The second-order valence-corrected chi connectivity index (χ2v) is 5.52. The Labute approximate surface area is 108 Å². The number of nitrogens with zero attached hydrogens (tertiary/aromatic N) is 1. The summed E-state index contributed by atoms with van der Waals surface area (Å²) in [5.74, 6) is 1.64. The van der Waals surface area contributed by atoms with E-state index in [1.807, 2.05) is 4.90 Å². The van der Waals surface area contributed by atoms with Gasteiger partial charge in [0.05, 0.1) is 19.8 Å². The summed E-state index contributed by atoms with van der Waals surface area (Å²) in [6, 6.07) is 0. The van der Waals surface area contributed by atoms with Crippen LogP contribution in [0.5, 0.6) is 0 Å². The number of likely N-dealkylation sites (tertiary alicyclic amines) is 1. The van der Waals surface area contributed by atoms with Crippen LogP contribution >= 0.6 is 0 Å². The fourth-order valence-electron chi connectivity index (χ4n) is 3.27. The van der Waals surface area contributed by atoms with Crippen molar-refractivity contribution in [2.75, 3.05) is 46.0 Å². The minimum atomic E-state index is -0.366. The van der Waals surface area contributed by atoms with Gasteiger partial charge in [-0.15, -0.1) is 0 Å². The molecule has 1 amide bonds. The van der Waals surface area contributed by atoms with Crippen molar-refractivity contribution in [3.05, 3.63) is 0 Å². The number of rotatable bonds is 1. The number of carbonyl (C=O) groups excluding carboxylic acids is 1. The topological polar surface area (TPSA) is 50.8 Å². The summed E-state index contributed by atoms with van der Waals surface area (Å²) in [5, 5.41) is 3.45. The molecule has 0 spiro atoms. The predicted molar refractivity (Wildman–Crippen MR) is 66.2 cm³/mol. The molecule has 3 rings (SSSR count). The highest BCUT2D eigenvalue weighted by Crippen LogP contribution is 2.27. The molecular formula is C13H22N2O3. The number of amides is 1. The summed E-state index contributed by atoms with van der Waals surface area (Å²) in [7, 11) is 0. The number of hydrogen-bond acceptors (Lipinski definition) is 4. The zero-order chi connectivity index (χ0) is 12.4. The average Bonchev–Trinajstić information content (AvgIpc) is 2.78. The Hall–Kier alpha value is -0.650. The largest absolute Gasteiger partial charge is 0.376 e. The van der Waals surface area contributed by atoms with Gasteiger partial charge in [-0.05, 0) is 37.8 Å². The van der Waals surface area contributed by atoms with E-state index in [-0.39, 0.29) is 12.0 Å². The molecule has 0 aromatic carbocycles. The minimum absolute atomic E-state index is 0.127. The quantitative estimate of drug-likeness (QED) is 0.707. The average molecular weight is 254 g/mol. The van der Waals surface area contributed by atoms with E-state index in [4.69, 9.17) is 9.47 Å². The van der Waals surface area contributed by atoms with Gasteiger partial charge in [0, 0.05) is 13.1 Å². The van der Waals surface area contributed by atoms with Crippen LogP contribution in [-0.2, 0) is 14.3 Å². The van der Waals surface area contributed by atoms with E-state index in [2.05, 4.69) is 5.32 Å². The van der Waals surface area contributed by atoms with Crippen LogP contribution in [0.1, 0.15) is 12.8 Å². The predicted octanol–water partition coefficient (Wildman–Crippen LogP) is -0.140. The Kier molecular flexibility index (Phi) is 3.82. The van der Waals surface area contributed by atoms with Crippen LogP contribution in [-0.4, -0.2) is 62.9 Å². The molecule has 0 bridgehead atoms. The van der Waals surface area contributed by atoms with Gasteiger partial charge in [-0.1, -0.05) is 0 Å². The first-order chi connectivity index (χ1) is 8.84. The third-order valence-electron chi connectivity index (χ3n) is 4.42. The molecule has 0 radical (unpaired) electrons. The molecule has 1 N–H and O–H groups in total. The van der Waals surface area contributed by atoms with Crippen LogP contribution in [0.3, 0.4) is 0 Å². The van der Waals surface area contributed by atoms with Gasteiger partial charge in [-0.2, -0.15) is 0 Å². The Morgan fingerprint density at radius 1 is 1.11 bits per heavy atom. The first-order valence-corrected chi connectivity index (χ1v) is 7.03. The summed E-state index contributed by atoms with van der Waals surface area (Å²) < 4.78 is 10.8. The molecule has 0 aromatic heterocycles. The van der Waals surface area contributed by atoms with Gasteiger partial charge in [0.25, 0.3) is 5.91 Å². The van der Waals surface area contributed by atoms with Crippen molar-refractivity contribution in [2.24, 2.45) is 11.8 Å². The third kappa shape index (κ3) is 2.53. The minimum Gasteiger partial charge on any atom is -0.376 e. The van der Waals surface area contributed by atoms with Crippen LogP contribution in [0.25, 0.3) is 0 Å². The number of carbonyl (C=O) groups is 1. The number of hydrogen-bond donors (Lipinski definition) is 1. The summed E-state index contributed by atoms with van der Waals surface area (Å²) in [5.41, 5.74) is 0. The molecule has 3 fully saturated rings. The van der Waals surface area contributed by atoms with Crippen LogP contribution in [0.4, 0.5) is 0 Å². The maximum Gasteiger partial charge on any atom is 0.254 e. The van der Waals surface area contributed by atoms with Crippen LogP contribution in [0, 0.1) is 11.8 Å². The Bertz CT molecular complexity index is 291. The van der Waals surface area contributed by atoms with Crippen molar-refractivity contribution >= 4 is 5.91 Å². The van der Waals surface area contributed by atoms with Crippen molar-refractivity contribution in [1.29, 1.82) is 0 Å². The first kappa shape index (κ1) is 12.4. The molecule has 5 heteroatoms. The zero-order valence-electron chi connectivity index (χ0n) is 10.8. The molecule has 18 heavy (non-hydrogen) atoms. The van der Waals surface area contributed by atoms with Crippen LogP contribution in [0.15, 0.2) is 0 Å². The molecule has 0 saturated carbocycles. The molecule has 3 aliphatic heterocycles. The van der Waals surface area contributed by atoms with Crippen molar-refractivity contribution in [3.63, 3.8) is 0 Å². The van der Waals surface area contributed by atoms with Gasteiger partial charge >= 0.3 is 0 Å². The zero-order valence-corrected chi connectivity index (χ0v) is 10.8. The molecule has 3 atom stereocenters. The maximum absolute atomic E-state index is 12.3. The van der Waals surface area contributed by atoms with Gasteiger partial charge in [0.2, 0.25) is 0 Å². The van der Waals surface area contributed by atoms with E-state index < -0.39 is 0 Å². The van der Waals surface area contributed by atoms with Crippen LogP contribution in [0.2, 0.25) is 0 Å². The normalized spacial score (nSPS) is 37.1. The standard InChI is InChI=1S/C13H22N2O3/c16-13(12-9-17-5-6-18-12)15-3-1-10-7-14-8-11(10)2-4-15/h10-12,14H,1-9H2/t10-,11+,12?. The second kappa shape index (κ2) is 5.55. The van der Waals surface area contributed by atoms with Crippen molar-refractivity contribution in [3.8, 4) is 0 Å². The third-order valence-corrected chi connectivity index (χ3v) is 4.42. The highest BCUT2D eigenvalue weighted by atomic mass is 16.6. The molecule has 102 valence electrons. The van der Waals surface area contributed by atoms with Gasteiger partial charge in [-0.25, -0.2) is 0 Å². The fraction of sp³-hybridized carbons (Fsp3) is 0.923. The van der Waals surface area contributed by atoms with Gasteiger partial charge in [0.15, 0.2) is 6.10 Å². The summed E-state index contributed by atoms with van der Waals surface area (Å²) in [6.07, 6.45) is 1.88. The van der Waals surface area contributed by atoms with Crippen LogP contribution < -0.4 is 5.32 Å². The lowest BCUT2D eigenvalue weighted by Gasteiger charge is -2.28. The van der Waals surface area contributed by atoms with E-state index >= 15 is 0 Å². The van der Waals surface area contributed by atoms with Gasteiger partial charge in [-0.3, -0.25) is 4.79 Å². The number of ether oxygens (including phenoxy) is 2. The fourth-order valence-corrected chi connectivity index (χ4v) is 3.27. The van der Waals surface area contributed by atoms with Crippen molar-refractivity contribution < 1.29 is 14.3 Å². The lowest BCUT2D eigenvalue weighted by Crippen LogP contribution is -2.45. The maximum atomic E-state index is 12.3. The van der Waals surface area contributed by atoms with E-state index in [0.29, 0.717) is 19.8 Å². The number of nitrogens with one attached hydrogen (secondary N) is 1. The molecule has 3 heterocycles. The molecule has 0 aromatic rings. The summed E-state index contributed by atoms with van der Waals surface area (Å²) in [4.78, 5) is 14.3. The Balaban J connectivity index is 1.57. The summed E-state index contributed by atoms with van der Waals surface area (Å²) in [6.45, 7) is 5.57. The lowest BCUT2D eigenvalue weighted by atomic mass is 9.92. The lowest BCUT2D eigenvalue weighted by molar-refractivity contribution is -0.157. The monoisotopic (exact) mass is 254 g/mol. The highest BCUT2D eigenvalue weighted by molar-refractivity contribution is 5.81. The smallest absolute Gasteiger partial charge is 0.254 e. The van der Waals surface area contributed by atoms with Crippen molar-refractivity contribution in [1.82, 2.24) is 10.2 Å². The summed E-state index contributed by atoms with van der Waals surface area (Å²) >= 11 is 0. The SMILES string of the molecule is O=C(C1COCCO1)N1CC[C@@H]2CNC[C@@H]2CC1. The second-order valence-electron chi connectivity index (χ2n) is 5.52. The number of fused-ring (bicyclic) bond motifs is 1. The molecular weight excluding hydrogens is 232 g/mol. The van der Waals surface area contributed by atoms with E-state index in [1.165, 1.54) is 0 Å². The molecule has 0 aliphatic carbocycles. The Morgan fingerprint density at radius 2 is 1.83 bits per heavy atom. The molecule has 5 nitrogen and oxygen atoms in total.